The zero-order valence-electron chi connectivity index (χ0n) is 18.5. The lowest BCUT2D eigenvalue weighted by atomic mass is 10.00. The van der Waals surface area contributed by atoms with Crippen molar-refractivity contribution in [3.63, 3.8) is 0 Å². The second-order valence-electron chi connectivity index (χ2n) is 8.85. The van der Waals surface area contributed by atoms with Crippen molar-refractivity contribution < 1.29 is 9.53 Å². The lowest BCUT2D eigenvalue weighted by Gasteiger charge is -2.45. The van der Waals surface area contributed by atoms with Crippen LogP contribution in [0.2, 0.25) is 0 Å². The van der Waals surface area contributed by atoms with Crippen LogP contribution < -0.4 is 5.32 Å². The van der Waals surface area contributed by atoms with E-state index in [9.17, 15) is 4.79 Å². The van der Waals surface area contributed by atoms with Gasteiger partial charge in [0, 0.05) is 42.8 Å². The average Bonchev–Trinajstić information content (AvgIpc) is 2.94. The van der Waals surface area contributed by atoms with E-state index in [2.05, 4.69) is 47.5 Å². The summed E-state index contributed by atoms with van der Waals surface area (Å²) in [5.74, 6) is -0.0206. The number of nitrogens with one attached hydrogen (secondary N) is 1. The van der Waals surface area contributed by atoms with E-state index in [-0.39, 0.29) is 23.7 Å². The Kier molecular flexibility index (Phi) is 6.44. The molecule has 0 aliphatic carbocycles. The Morgan fingerprint density at radius 3 is 2.55 bits per heavy atom. The van der Waals surface area contributed by atoms with Gasteiger partial charge in [-0.2, -0.15) is 0 Å². The smallest absolute Gasteiger partial charge is 0.253 e. The van der Waals surface area contributed by atoms with E-state index >= 15 is 0 Å². The number of hydrogen-bond donors (Lipinski definition) is 1. The first-order valence-corrected chi connectivity index (χ1v) is 10.4. The summed E-state index contributed by atoms with van der Waals surface area (Å²) >= 11 is 0. The van der Waals surface area contributed by atoms with Crippen molar-refractivity contribution in [3.8, 4) is 0 Å². The topological polar surface area (TPSA) is 59.4 Å². The zero-order valence-corrected chi connectivity index (χ0v) is 18.5. The van der Waals surface area contributed by atoms with Crippen LogP contribution in [0.4, 0.5) is 0 Å². The minimum Gasteiger partial charge on any atom is -0.373 e. The fourth-order valence-electron chi connectivity index (χ4n) is 4.10. The molecule has 6 nitrogen and oxygen atoms in total. The van der Waals surface area contributed by atoms with Crippen molar-refractivity contribution in [2.45, 2.75) is 65.8 Å². The Morgan fingerprint density at radius 2 is 1.93 bits per heavy atom. The van der Waals surface area contributed by atoms with E-state index in [4.69, 9.17) is 4.74 Å². The summed E-state index contributed by atoms with van der Waals surface area (Å²) < 4.78 is 8.00. The Hall–Kier alpha value is -2.18. The first-order chi connectivity index (χ1) is 13.7. The third kappa shape index (κ3) is 5.06. The van der Waals surface area contributed by atoms with Crippen LogP contribution in [0.15, 0.2) is 30.5 Å². The van der Waals surface area contributed by atoms with Gasteiger partial charge >= 0.3 is 0 Å². The minimum atomic E-state index is -0.137. The molecule has 1 amide bonds. The van der Waals surface area contributed by atoms with Crippen molar-refractivity contribution in [1.82, 2.24) is 19.8 Å². The Balaban J connectivity index is 1.67. The summed E-state index contributed by atoms with van der Waals surface area (Å²) in [5.41, 5.74) is 3.61. The van der Waals surface area contributed by atoms with Gasteiger partial charge in [0.25, 0.3) is 5.91 Å². The van der Waals surface area contributed by atoms with Gasteiger partial charge in [-0.05, 0) is 59.7 Å². The molecule has 1 N–H and O–H groups in total. The average molecular weight is 399 g/mol. The highest BCUT2D eigenvalue weighted by Crippen LogP contribution is 2.21. The molecule has 0 aromatic carbocycles. The van der Waals surface area contributed by atoms with E-state index in [1.54, 1.807) is 6.20 Å². The summed E-state index contributed by atoms with van der Waals surface area (Å²) in [4.78, 5) is 19.8. The Bertz CT molecular complexity index is 834. The zero-order chi connectivity index (χ0) is 21.2. The monoisotopic (exact) mass is 398 g/mol. The molecule has 1 fully saturated rings. The maximum atomic E-state index is 13.0. The SMILES string of the molecule is Cc1cc(C(=O)NCC(C)(C)N2CC(C)OC(C)C2)c(C)n1Cc1ccccn1. The highest BCUT2D eigenvalue weighted by Gasteiger charge is 2.33. The normalized spacial score (nSPS) is 20.6. The van der Waals surface area contributed by atoms with Crippen LogP contribution in [-0.4, -0.2) is 57.7 Å². The second-order valence-corrected chi connectivity index (χ2v) is 8.85. The maximum absolute atomic E-state index is 13.0. The first kappa shape index (κ1) is 21.5. The number of nitrogens with zero attached hydrogens (tertiary/aromatic N) is 3. The highest BCUT2D eigenvalue weighted by molar-refractivity contribution is 5.95. The van der Waals surface area contributed by atoms with Gasteiger partial charge in [-0.15, -0.1) is 0 Å². The predicted molar refractivity (Wildman–Crippen MR) is 115 cm³/mol. The quantitative estimate of drug-likeness (QED) is 0.812. The minimum absolute atomic E-state index is 0.0206. The number of ether oxygens (including phenoxy) is 1. The number of aryl methyl sites for hydroxylation is 1. The molecule has 3 rings (SSSR count). The molecule has 1 aliphatic rings. The standard InChI is InChI=1S/C23H34N4O2/c1-16-11-21(19(4)27(16)14-20-9-7-8-10-24-20)22(28)25-15-23(5,6)26-12-17(2)29-18(3)13-26/h7-11,17-18H,12-15H2,1-6H3,(H,25,28). The van der Waals surface area contributed by atoms with Gasteiger partial charge in [-0.25, -0.2) is 0 Å². The lowest BCUT2D eigenvalue weighted by molar-refractivity contribution is -0.0948. The number of rotatable bonds is 6. The van der Waals surface area contributed by atoms with Crippen molar-refractivity contribution in [3.05, 3.63) is 53.1 Å². The molecule has 0 radical (unpaired) electrons. The Labute approximate surface area is 174 Å². The van der Waals surface area contributed by atoms with Gasteiger partial charge in [-0.1, -0.05) is 6.07 Å². The van der Waals surface area contributed by atoms with Crippen LogP contribution >= 0.6 is 0 Å². The van der Waals surface area contributed by atoms with E-state index < -0.39 is 0 Å². The van der Waals surface area contributed by atoms with E-state index in [0.717, 1.165) is 35.7 Å². The molecule has 3 heterocycles. The molecule has 6 heteroatoms. The third-order valence-corrected chi connectivity index (χ3v) is 5.82. The van der Waals surface area contributed by atoms with Crippen molar-refractivity contribution in [1.29, 1.82) is 0 Å². The predicted octanol–water partition coefficient (Wildman–Crippen LogP) is 3.17. The number of morpholine rings is 1. The molecule has 2 aromatic rings. The highest BCUT2D eigenvalue weighted by atomic mass is 16.5. The molecular weight excluding hydrogens is 364 g/mol. The molecular formula is C23H34N4O2. The van der Waals surface area contributed by atoms with Crippen LogP contribution in [0.1, 0.15) is 55.1 Å². The van der Waals surface area contributed by atoms with E-state index in [1.165, 1.54) is 0 Å². The molecule has 1 aliphatic heterocycles. The number of hydrogen-bond acceptors (Lipinski definition) is 4. The van der Waals surface area contributed by atoms with Crippen LogP contribution in [0, 0.1) is 13.8 Å². The third-order valence-electron chi connectivity index (χ3n) is 5.82. The summed E-state index contributed by atoms with van der Waals surface area (Å²) in [6.45, 7) is 15.6. The molecule has 0 spiro atoms. The summed E-state index contributed by atoms with van der Waals surface area (Å²) in [5, 5.41) is 3.16. The number of aromatic nitrogens is 2. The second kappa shape index (κ2) is 8.67. The molecule has 2 unspecified atom stereocenters. The largest absolute Gasteiger partial charge is 0.373 e. The van der Waals surface area contributed by atoms with Crippen molar-refractivity contribution >= 4 is 5.91 Å². The molecule has 0 saturated carbocycles. The Morgan fingerprint density at radius 1 is 1.24 bits per heavy atom. The summed E-state index contributed by atoms with van der Waals surface area (Å²) in [6, 6.07) is 7.87. The number of pyridine rings is 1. The number of amides is 1. The summed E-state index contributed by atoms with van der Waals surface area (Å²) in [7, 11) is 0. The fraction of sp³-hybridized carbons (Fsp3) is 0.565. The fourth-order valence-corrected chi connectivity index (χ4v) is 4.10. The first-order valence-electron chi connectivity index (χ1n) is 10.4. The van der Waals surface area contributed by atoms with Crippen molar-refractivity contribution in [2.24, 2.45) is 0 Å². The molecule has 2 atom stereocenters. The molecule has 29 heavy (non-hydrogen) atoms. The van der Waals surface area contributed by atoms with Gasteiger partial charge < -0.3 is 14.6 Å². The molecule has 1 saturated heterocycles. The van der Waals surface area contributed by atoms with Crippen LogP contribution in [-0.2, 0) is 11.3 Å². The van der Waals surface area contributed by atoms with Crippen LogP contribution in [0.5, 0.6) is 0 Å². The maximum Gasteiger partial charge on any atom is 0.253 e. The summed E-state index contributed by atoms with van der Waals surface area (Å²) in [6.07, 6.45) is 2.21. The van der Waals surface area contributed by atoms with E-state index in [0.29, 0.717) is 13.1 Å². The molecule has 0 bridgehead atoms. The van der Waals surface area contributed by atoms with Gasteiger partial charge in [0.1, 0.15) is 0 Å². The van der Waals surface area contributed by atoms with Crippen molar-refractivity contribution in [2.75, 3.05) is 19.6 Å². The lowest BCUT2D eigenvalue weighted by Crippen LogP contribution is -2.58. The van der Waals surface area contributed by atoms with Gasteiger partial charge in [0.2, 0.25) is 0 Å². The van der Waals surface area contributed by atoms with Gasteiger partial charge in [0.05, 0.1) is 30.0 Å². The van der Waals surface area contributed by atoms with Crippen LogP contribution in [0.25, 0.3) is 0 Å². The van der Waals surface area contributed by atoms with Crippen LogP contribution in [0.3, 0.4) is 0 Å². The van der Waals surface area contributed by atoms with Gasteiger partial charge in [-0.3, -0.25) is 14.7 Å². The van der Waals surface area contributed by atoms with E-state index in [1.807, 2.05) is 38.1 Å². The molecule has 158 valence electrons. The number of carbonyl (C=O) groups excluding carboxylic acids is 1. The number of carbonyl (C=O) groups is 1. The molecule has 2 aromatic heterocycles. The van der Waals surface area contributed by atoms with Gasteiger partial charge in [0.15, 0.2) is 0 Å².